The first-order chi connectivity index (χ1) is 14.9. The summed E-state index contributed by atoms with van der Waals surface area (Å²) >= 11 is 3.52. The van der Waals surface area contributed by atoms with Gasteiger partial charge in [-0.15, -0.1) is 0 Å². The van der Waals surface area contributed by atoms with Crippen molar-refractivity contribution < 1.29 is 19.2 Å². The number of para-hydroxylation sites is 1. The van der Waals surface area contributed by atoms with Crippen molar-refractivity contribution >= 4 is 27.5 Å². The number of hydrogen-bond donors (Lipinski definition) is 1. The highest BCUT2D eigenvalue weighted by molar-refractivity contribution is 9.10. The van der Waals surface area contributed by atoms with Gasteiger partial charge in [-0.25, -0.2) is 0 Å². The van der Waals surface area contributed by atoms with Gasteiger partial charge in [0, 0.05) is 28.8 Å². The van der Waals surface area contributed by atoms with Crippen LogP contribution in [0.3, 0.4) is 0 Å². The Bertz CT molecular complexity index is 1090. The summed E-state index contributed by atoms with van der Waals surface area (Å²) in [4.78, 5) is 27.9. The number of nitro groups is 1. The van der Waals surface area contributed by atoms with Gasteiger partial charge in [0.05, 0.1) is 24.6 Å². The van der Waals surface area contributed by atoms with Crippen molar-refractivity contribution in [3.05, 3.63) is 62.1 Å². The number of methoxy groups -OCH3 is 2. The van der Waals surface area contributed by atoms with Crippen LogP contribution in [0.15, 0.2) is 40.9 Å². The number of rotatable bonds is 4. The minimum absolute atomic E-state index is 0.127. The summed E-state index contributed by atoms with van der Waals surface area (Å²) in [5.74, 6) is 0.231. The molecular weight excluding hydrogens is 466 g/mol. The number of halogens is 1. The summed E-state index contributed by atoms with van der Waals surface area (Å²) in [6.45, 7) is 0.641. The number of fused-ring (bicyclic) bond motifs is 4. The van der Waals surface area contributed by atoms with Crippen LogP contribution in [0.4, 0.5) is 5.69 Å². The predicted octanol–water partition coefficient (Wildman–Crippen LogP) is 3.52. The second-order valence-corrected chi connectivity index (χ2v) is 9.02. The van der Waals surface area contributed by atoms with Crippen LogP contribution in [-0.2, 0) is 10.3 Å². The molecule has 0 saturated carbocycles. The van der Waals surface area contributed by atoms with Gasteiger partial charge >= 0.3 is 0 Å². The Morgan fingerprint density at radius 2 is 2.03 bits per heavy atom. The Hall–Kier alpha value is -2.65. The van der Waals surface area contributed by atoms with E-state index in [1.165, 1.54) is 7.11 Å². The van der Waals surface area contributed by atoms with E-state index in [9.17, 15) is 14.9 Å². The van der Waals surface area contributed by atoms with Gasteiger partial charge < -0.3 is 14.8 Å². The van der Waals surface area contributed by atoms with Crippen LogP contribution in [0.1, 0.15) is 29.9 Å². The maximum absolute atomic E-state index is 13.5. The Morgan fingerprint density at radius 1 is 1.26 bits per heavy atom. The molecule has 0 aliphatic carbocycles. The number of anilines is 1. The summed E-state index contributed by atoms with van der Waals surface area (Å²) in [6, 6.07) is 9.72. The van der Waals surface area contributed by atoms with E-state index >= 15 is 0 Å². The molecule has 1 amide bonds. The normalized spacial score (nSPS) is 29.0. The SMILES string of the molecule is COc1cc([C@H]2[C@H]([N+](=O)[O-])[C@]3(C(=O)Nc4ccccc43)N3CCC[C@@H]23)cc(Br)c1OC. The molecule has 9 heteroatoms. The van der Waals surface area contributed by atoms with Crippen molar-refractivity contribution in [2.45, 2.75) is 36.4 Å². The molecule has 2 fully saturated rings. The van der Waals surface area contributed by atoms with Gasteiger partial charge in [-0.05, 0) is 52.5 Å². The average molecular weight is 488 g/mol. The summed E-state index contributed by atoms with van der Waals surface area (Å²) in [5, 5.41) is 15.5. The molecular formula is C22H22BrN3O5. The lowest BCUT2D eigenvalue weighted by molar-refractivity contribution is -0.534. The number of carbonyl (C=O) groups is 1. The molecule has 3 aliphatic rings. The number of hydrogen-bond acceptors (Lipinski definition) is 6. The lowest BCUT2D eigenvalue weighted by atomic mass is 9.77. The minimum atomic E-state index is -1.33. The molecule has 3 heterocycles. The number of carbonyl (C=O) groups excluding carboxylic acids is 1. The van der Waals surface area contributed by atoms with E-state index < -0.39 is 17.5 Å². The number of nitrogens with zero attached hydrogens (tertiary/aromatic N) is 2. The molecule has 162 valence electrons. The van der Waals surface area contributed by atoms with E-state index in [0.29, 0.717) is 33.8 Å². The van der Waals surface area contributed by atoms with Gasteiger partial charge in [0.2, 0.25) is 0 Å². The van der Waals surface area contributed by atoms with Crippen molar-refractivity contribution in [2.75, 3.05) is 26.1 Å². The van der Waals surface area contributed by atoms with Crippen molar-refractivity contribution in [1.29, 1.82) is 0 Å². The lowest BCUT2D eigenvalue weighted by Crippen LogP contribution is -2.55. The number of ether oxygens (including phenoxy) is 2. The maximum atomic E-state index is 13.5. The molecule has 2 saturated heterocycles. The Morgan fingerprint density at radius 3 is 2.74 bits per heavy atom. The molecule has 5 rings (SSSR count). The van der Waals surface area contributed by atoms with Crippen LogP contribution in [0.5, 0.6) is 11.5 Å². The fraction of sp³-hybridized carbons (Fsp3) is 0.409. The molecule has 0 bridgehead atoms. The first-order valence-electron chi connectivity index (χ1n) is 10.2. The van der Waals surface area contributed by atoms with Crippen molar-refractivity contribution in [1.82, 2.24) is 4.90 Å². The van der Waals surface area contributed by atoms with Gasteiger partial charge in [0.25, 0.3) is 11.9 Å². The van der Waals surface area contributed by atoms with Crippen molar-refractivity contribution in [3.8, 4) is 11.5 Å². The van der Waals surface area contributed by atoms with Gasteiger partial charge in [-0.2, -0.15) is 0 Å². The van der Waals surface area contributed by atoms with E-state index in [1.807, 2.05) is 30.3 Å². The summed E-state index contributed by atoms with van der Waals surface area (Å²) < 4.78 is 11.6. The molecule has 31 heavy (non-hydrogen) atoms. The topological polar surface area (TPSA) is 93.9 Å². The van der Waals surface area contributed by atoms with Crippen LogP contribution in [0.25, 0.3) is 0 Å². The molecule has 0 unspecified atom stereocenters. The fourth-order valence-electron chi connectivity index (χ4n) is 5.91. The van der Waals surface area contributed by atoms with Crippen LogP contribution < -0.4 is 14.8 Å². The molecule has 8 nitrogen and oxygen atoms in total. The zero-order valence-electron chi connectivity index (χ0n) is 17.1. The highest BCUT2D eigenvalue weighted by Crippen LogP contribution is 2.58. The third-order valence-corrected chi connectivity index (χ3v) is 7.52. The highest BCUT2D eigenvalue weighted by Gasteiger charge is 2.73. The zero-order valence-corrected chi connectivity index (χ0v) is 18.7. The molecule has 0 aromatic heterocycles. The minimum Gasteiger partial charge on any atom is -0.493 e. The predicted molar refractivity (Wildman–Crippen MR) is 117 cm³/mol. The van der Waals surface area contributed by atoms with Gasteiger partial charge in [-0.3, -0.25) is 19.8 Å². The molecule has 4 atom stereocenters. The molecule has 2 aromatic rings. The van der Waals surface area contributed by atoms with Crippen LogP contribution in [0, 0.1) is 10.1 Å². The third kappa shape index (κ3) is 2.59. The van der Waals surface area contributed by atoms with Crippen LogP contribution >= 0.6 is 15.9 Å². The Kier molecular flexibility index (Phi) is 4.71. The highest BCUT2D eigenvalue weighted by atomic mass is 79.9. The Balaban J connectivity index is 1.75. The number of benzene rings is 2. The second kappa shape index (κ2) is 7.20. The van der Waals surface area contributed by atoms with Crippen molar-refractivity contribution in [3.63, 3.8) is 0 Å². The maximum Gasteiger partial charge on any atom is 0.256 e. The van der Waals surface area contributed by atoms with Gasteiger partial charge in [0.15, 0.2) is 17.0 Å². The average Bonchev–Trinajstić information content (AvgIpc) is 3.40. The number of amides is 1. The van der Waals surface area contributed by atoms with E-state index in [0.717, 1.165) is 18.4 Å². The number of nitrogens with one attached hydrogen (secondary N) is 1. The van der Waals surface area contributed by atoms with Crippen molar-refractivity contribution in [2.24, 2.45) is 0 Å². The fourth-order valence-corrected chi connectivity index (χ4v) is 6.53. The monoisotopic (exact) mass is 487 g/mol. The summed E-state index contributed by atoms with van der Waals surface area (Å²) in [7, 11) is 3.09. The van der Waals surface area contributed by atoms with E-state index in [2.05, 4.69) is 26.1 Å². The first kappa shape index (κ1) is 20.3. The zero-order chi connectivity index (χ0) is 21.9. The first-order valence-corrected chi connectivity index (χ1v) is 11.0. The van der Waals surface area contributed by atoms with Crippen LogP contribution in [0.2, 0.25) is 0 Å². The van der Waals surface area contributed by atoms with E-state index in [4.69, 9.17) is 9.47 Å². The standard InChI is InChI=1S/C22H22BrN3O5/c1-30-17-11-12(10-14(23)19(17)31-2)18-16-8-5-9-25(16)22(20(18)26(28)29)13-6-3-4-7-15(13)24-21(22)27/h3-4,6-7,10-11,16,18,20H,5,8-9H2,1-2H3,(H,24,27)/t16-,18+,20-,22+/m0/s1. The Labute approximate surface area is 187 Å². The molecule has 3 aliphatic heterocycles. The second-order valence-electron chi connectivity index (χ2n) is 8.16. The quantitative estimate of drug-likeness (QED) is 0.523. The van der Waals surface area contributed by atoms with E-state index in [-0.39, 0.29) is 16.9 Å². The summed E-state index contributed by atoms with van der Waals surface area (Å²) in [5.41, 5.74) is 0.776. The lowest BCUT2D eigenvalue weighted by Gasteiger charge is -2.32. The van der Waals surface area contributed by atoms with Gasteiger partial charge in [0.1, 0.15) is 0 Å². The molecule has 1 N–H and O–H groups in total. The summed E-state index contributed by atoms with van der Waals surface area (Å²) in [6.07, 6.45) is 1.68. The largest absolute Gasteiger partial charge is 0.493 e. The smallest absolute Gasteiger partial charge is 0.256 e. The van der Waals surface area contributed by atoms with E-state index in [1.54, 1.807) is 13.2 Å². The van der Waals surface area contributed by atoms with Crippen LogP contribution in [-0.4, -0.2) is 48.6 Å². The molecule has 1 spiro atoms. The third-order valence-electron chi connectivity index (χ3n) is 6.93. The van der Waals surface area contributed by atoms with Gasteiger partial charge in [-0.1, -0.05) is 18.2 Å². The molecule has 2 aromatic carbocycles. The molecule has 0 radical (unpaired) electrons.